The maximum atomic E-state index is 4.46. The summed E-state index contributed by atoms with van der Waals surface area (Å²) in [4.78, 5) is 6.89. The van der Waals surface area contributed by atoms with Gasteiger partial charge in [0.1, 0.15) is 0 Å². The number of nitrogens with zero attached hydrogens (tertiary/aromatic N) is 2. The van der Waals surface area contributed by atoms with E-state index in [-0.39, 0.29) is 5.54 Å². The third kappa shape index (κ3) is 4.20. The molecule has 1 aromatic heterocycles. The average Bonchev–Trinajstić information content (AvgIpc) is 2.89. The van der Waals surface area contributed by atoms with Crippen molar-refractivity contribution in [3.8, 4) is 0 Å². The molecule has 1 fully saturated rings. The molecule has 1 aliphatic rings. The van der Waals surface area contributed by atoms with E-state index in [2.05, 4.69) is 55.2 Å². The molecule has 1 aromatic rings. The lowest BCUT2D eigenvalue weighted by molar-refractivity contribution is 0.421. The predicted octanol–water partition coefficient (Wildman–Crippen LogP) is 3.35. The van der Waals surface area contributed by atoms with Crippen molar-refractivity contribution in [1.82, 2.24) is 10.3 Å². The first-order chi connectivity index (χ1) is 8.96. The molecule has 0 aliphatic heterocycles. The number of rotatable bonds is 4. The molecule has 1 N–H and O–H groups in total. The van der Waals surface area contributed by atoms with Crippen molar-refractivity contribution in [3.05, 3.63) is 24.0 Å². The second-order valence-corrected chi connectivity index (χ2v) is 6.66. The molecular weight excluding hydrogens is 234 g/mol. The summed E-state index contributed by atoms with van der Waals surface area (Å²) in [5, 5.41) is 3.49. The van der Waals surface area contributed by atoms with E-state index in [1.54, 1.807) is 0 Å². The molecule has 19 heavy (non-hydrogen) atoms. The summed E-state index contributed by atoms with van der Waals surface area (Å²) in [6.07, 6.45) is 7.33. The lowest BCUT2D eigenvalue weighted by Crippen LogP contribution is -2.35. The van der Waals surface area contributed by atoms with Crippen LogP contribution in [0.15, 0.2) is 18.3 Å². The molecule has 1 aliphatic carbocycles. The highest BCUT2D eigenvalue weighted by molar-refractivity contribution is 5.47. The summed E-state index contributed by atoms with van der Waals surface area (Å²) in [5.41, 5.74) is 2.56. The van der Waals surface area contributed by atoms with Gasteiger partial charge in [-0.05, 0) is 45.7 Å². The quantitative estimate of drug-likeness (QED) is 0.901. The molecule has 1 heterocycles. The topological polar surface area (TPSA) is 28.2 Å². The molecule has 106 valence electrons. The van der Waals surface area contributed by atoms with Gasteiger partial charge >= 0.3 is 0 Å². The van der Waals surface area contributed by atoms with Crippen LogP contribution in [0.3, 0.4) is 0 Å². The number of anilines is 1. The van der Waals surface area contributed by atoms with Gasteiger partial charge < -0.3 is 10.2 Å². The van der Waals surface area contributed by atoms with Gasteiger partial charge in [-0.15, -0.1) is 0 Å². The van der Waals surface area contributed by atoms with Crippen molar-refractivity contribution in [3.63, 3.8) is 0 Å². The Morgan fingerprint density at radius 1 is 1.32 bits per heavy atom. The average molecular weight is 261 g/mol. The number of pyridine rings is 1. The smallest absolute Gasteiger partial charge is 0.0562 e. The SMILES string of the molecule is CN(c1ccnc(CNC(C)(C)C)c1)C1CCCC1. The van der Waals surface area contributed by atoms with E-state index in [9.17, 15) is 0 Å². The Labute approximate surface area is 117 Å². The minimum atomic E-state index is 0.134. The second-order valence-electron chi connectivity index (χ2n) is 6.66. The largest absolute Gasteiger partial charge is 0.372 e. The van der Waals surface area contributed by atoms with Crippen LogP contribution in [0.5, 0.6) is 0 Å². The Morgan fingerprint density at radius 2 is 2.00 bits per heavy atom. The molecule has 0 saturated heterocycles. The number of hydrogen-bond acceptors (Lipinski definition) is 3. The monoisotopic (exact) mass is 261 g/mol. The standard InChI is InChI=1S/C16H27N3/c1-16(2,3)18-12-13-11-15(9-10-17-13)19(4)14-7-5-6-8-14/h9-11,14,18H,5-8,12H2,1-4H3. The fraction of sp³-hybridized carbons (Fsp3) is 0.688. The summed E-state index contributed by atoms with van der Waals surface area (Å²) >= 11 is 0. The van der Waals surface area contributed by atoms with E-state index in [0.717, 1.165) is 12.2 Å². The highest BCUT2D eigenvalue weighted by atomic mass is 15.1. The molecule has 0 amide bonds. The van der Waals surface area contributed by atoms with Crippen LogP contribution < -0.4 is 10.2 Å². The van der Waals surface area contributed by atoms with E-state index >= 15 is 0 Å². The maximum Gasteiger partial charge on any atom is 0.0562 e. The van der Waals surface area contributed by atoms with Gasteiger partial charge in [-0.3, -0.25) is 4.98 Å². The first-order valence-corrected chi connectivity index (χ1v) is 7.38. The van der Waals surface area contributed by atoms with Crippen LogP contribution in [0.2, 0.25) is 0 Å². The van der Waals surface area contributed by atoms with E-state index in [1.807, 2.05) is 6.20 Å². The van der Waals surface area contributed by atoms with Crippen LogP contribution in [0.1, 0.15) is 52.1 Å². The van der Waals surface area contributed by atoms with Crippen molar-refractivity contribution in [2.24, 2.45) is 0 Å². The fourth-order valence-electron chi connectivity index (χ4n) is 2.64. The minimum absolute atomic E-state index is 0.134. The zero-order chi connectivity index (χ0) is 13.9. The normalized spacial score (nSPS) is 16.8. The Hall–Kier alpha value is -1.09. The molecule has 0 spiro atoms. The van der Waals surface area contributed by atoms with Gasteiger partial charge in [0.15, 0.2) is 0 Å². The molecule has 2 rings (SSSR count). The fourth-order valence-corrected chi connectivity index (χ4v) is 2.64. The van der Waals surface area contributed by atoms with Gasteiger partial charge in [0.05, 0.1) is 5.69 Å². The van der Waals surface area contributed by atoms with Gasteiger partial charge in [-0.2, -0.15) is 0 Å². The lowest BCUT2D eigenvalue weighted by Gasteiger charge is -2.27. The number of hydrogen-bond donors (Lipinski definition) is 1. The van der Waals surface area contributed by atoms with Gasteiger partial charge in [0, 0.05) is 37.1 Å². The van der Waals surface area contributed by atoms with Crippen molar-refractivity contribution in [2.45, 2.75) is 64.6 Å². The van der Waals surface area contributed by atoms with Gasteiger partial charge in [-0.25, -0.2) is 0 Å². The van der Waals surface area contributed by atoms with Crippen LogP contribution in [0, 0.1) is 0 Å². The first-order valence-electron chi connectivity index (χ1n) is 7.38. The van der Waals surface area contributed by atoms with E-state index in [4.69, 9.17) is 0 Å². The molecule has 1 saturated carbocycles. The summed E-state index contributed by atoms with van der Waals surface area (Å²) in [5.74, 6) is 0. The number of aromatic nitrogens is 1. The molecule has 0 aromatic carbocycles. The lowest BCUT2D eigenvalue weighted by atomic mass is 10.1. The van der Waals surface area contributed by atoms with Crippen LogP contribution in [0.25, 0.3) is 0 Å². The van der Waals surface area contributed by atoms with Crippen molar-refractivity contribution in [1.29, 1.82) is 0 Å². The summed E-state index contributed by atoms with van der Waals surface area (Å²) < 4.78 is 0. The van der Waals surface area contributed by atoms with Gasteiger partial charge in [0.25, 0.3) is 0 Å². The Balaban J connectivity index is 2.01. The third-order valence-electron chi connectivity index (χ3n) is 3.88. The highest BCUT2D eigenvalue weighted by Gasteiger charge is 2.20. The second kappa shape index (κ2) is 5.91. The molecule has 3 nitrogen and oxygen atoms in total. The zero-order valence-corrected chi connectivity index (χ0v) is 12.7. The molecule has 0 unspecified atom stereocenters. The summed E-state index contributed by atoms with van der Waals surface area (Å²) in [7, 11) is 2.21. The van der Waals surface area contributed by atoms with Crippen LogP contribution in [0.4, 0.5) is 5.69 Å². The Kier molecular flexibility index (Phi) is 4.46. The first kappa shape index (κ1) is 14.3. The van der Waals surface area contributed by atoms with Crippen LogP contribution >= 0.6 is 0 Å². The molecule has 3 heteroatoms. The minimum Gasteiger partial charge on any atom is -0.372 e. The van der Waals surface area contributed by atoms with Crippen molar-refractivity contribution >= 4 is 5.69 Å². The zero-order valence-electron chi connectivity index (χ0n) is 12.7. The molecule has 0 radical (unpaired) electrons. The van der Waals surface area contributed by atoms with Crippen molar-refractivity contribution < 1.29 is 0 Å². The third-order valence-corrected chi connectivity index (χ3v) is 3.88. The summed E-state index contributed by atoms with van der Waals surface area (Å²) in [6.45, 7) is 7.38. The van der Waals surface area contributed by atoms with Crippen LogP contribution in [-0.2, 0) is 6.54 Å². The summed E-state index contributed by atoms with van der Waals surface area (Å²) in [6, 6.07) is 5.06. The Morgan fingerprint density at radius 3 is 2.63 bits per heavy atom. The van der Waals surface area contributed by atoms with Gasteiger partial charge in [-0.1, -0.05) is 12.8 Å². The predicted molar refractivity (Wildman–Crippen MR) is 81.5 cm³/mol. The van der Waals surface area contributed by atoms with Gasteiger partial charge in [0.2, 0.25) is 0 Å². The van der Waals surface area contributed by atoms with E-state index < -0.39 is 0 Å². The molecule has 0 bridgehead atoms. The Bertz CT molecular complexity index is 403. The number of nitrogens with one attached hydrogen (secondary N) is 1. The van der Waals surface area contributed by atoms with E-state index in [1.165, 1.54) is 31.4 Å². The molecule has 0 atom stereocenters. The molecular formula is C16H27N3. The highest BCUT2D eigenvalue weighted by Crippen LogP contribution is 2.26. The van der Waals surface area contributed by atoms with Crippen LogP contribution in [-0.4, -0.2) is 23.6 Å². The van der Waals surface area contributed by atoms with E-state index in [0.29, 0.717) is 6.04 Å². The maximum absolute atomic E-state index is 4.46. The van der Waals surface area contributed by atoms with Crippen molar-refractivity contribution in [2.75, 3.05) is 11.9 Å².